The standard InChI is InChI=1S/C29H38N4O5/c1-21-17-33(20-24(30-36)19-32-11-8-22-4-2-3-5-23(22)18-32)29(35)27-7-6-26(16-28(27)37-21)38-25-9-12-31(13-10-25)14-15-34/h2-7,16,21,24-25,34H,8-15,17-20H2,1H3. The van der Waals surface area contributed by atoms with Crippen LogP contribution < -0.4 is 9.47 Å². The molecule has 0 aromatic heterocycles. The van der Waals surface area contributed by atoms with Gasteiger partial charge < -0.3 is 24.4 Å². The molecule has 1 saturated heterocycles. The van der Waals surface area contributed by atoms with Gasteiger partial charge in [0.05, 0.1) is 18.7 Å². The number of fused-ring (bicyclic) bond motifs is 2. The van der Waals surface area contributed by atoms with Crippen LogP contribution in [0.15, 0.2) is 47.6 Å². The zero-order valence-corrected chi connectivity index (χ0v) is 22.1. The second-order valence-electron chi connectivity index (χ2n) is 10.7. The number of aliphatic hydroxyl groups is 1. The van der Waals surface area contributed by atoms with Crippen molar-refractivity contribution in [1.29, 1.82) is 0 Å². The number of β-amino-alcohol motifs (C(OH)–C–C–N with tert-alkyl or cyclic N) is 1. The van der Waals surface area contributed by atoms with Crippen LogP contribution in [0.2, 0.25) is 0 Å². The Hall–Kier alpha value is -3.01. The molecule has 38 heavy (non-hydrogen) atoms. The van der Waals surface area contributed by atoms with Crippen molar-refractivity contribution in [2.45, 2.75) is 51.0 Å². The Morgan fingerprint density at radius 2 is 1.87 bits per heavy atom. The molecule has 204 valence electrons. The first-order chi connectivity index (χ1) is 18.5. The van der Waals surface area contributed by atoms with Crippen LogP contribution in [0.25, 0.3) is 0 Å². The van der Waals surface area contributed by atoms with E-state index >= 15 is 0 Å². The van der Waals surface area contributed by atoms with E-state index in [0.29, 0.717) is 36.7 Å². The molecule has 1 fully saturated rings. The van der Waals surface area contributed by atoms with Crippen molar-refractivity contribution in [2.24, 2.45) is 5.18 Å². The van der Waals surface area contributed by atoms with E-state index in [9.17, 15) is 9.70 Å². The summed E-state index contributed by atoms with van der Waals surface area (Å²) >= 11 is 0. The van der Waals surface area contributed by atoms with E-state index < -0.39 is 6.04 Å². The summed E-state index contributed by atoms with van der Waals surface area (Å²) in [7, 11) is 0. The van der Waals surface area contributed by atoms with Crippen LogP contribution in [0, 0.1) is 4.91 Å². The van der Waals surface area contributed by atoms with Gasteiger partial charge in [0.1, 0.15) is 29.7 Å². The van der Waals surface area contributed by atoms with E-state index in [4.69, 9.17) is 14.6 Å². The smallest absolute Gasteiger partial charge is 0.257 e. The molecule has 9 nitrogen and oxygen atoms in total. The van der Waals surface area contributed by atoms with E-state index in [1.807, 2.05) is 25.1 Å². The average molecular weight is 523 g/mol. The molecular weight excluding hydrogens is 484 g/mol. The average Bonchev–Trinajstić information content (AvgIpc) is 3.04. The maximum Gasteiger partial charge on any atom is 0.257 e. The summed E-state index contributed by atoms with van der Waals surface area (Å²) in [6.45, 7) is 7.44. The summed E-state index contributed by atoms with van der Waals surface area (Å²) in [6, 6.07) is 13.3. The predicted octanol–water partition coefficient (Wildman–Crippen LogP) is 2.94. The van der Waals surface area contributed by atoms with Crippen LogP contribution in [0.4, 0.5) is 0 Å². The maximum atomic E-state index is 13.5. The summed E-state index contributed by atoms with van der Waals surface area (Å²) in [6.07, 6.45) is 2.60. The van der Waals surface area contributed by atoms with Crippen LogP contribution in [0.1, 0.15) is 41.3 Å². The highest BCUT2D eigenvalue weighted by molar-refractivity contribution is 5.97. The monoisotopic (exact) mass is 522 g/mol. The number of rotatable bonds is 9. The van der Waals surface area contributed by atoms with Gasteiger partial charge in [0.15, 0.2) is 0 Å². The van der Waals surface area contributed by atoms with Crippen LogP contribution in [0.5, 0.6) is 11.5 Å². The van der Waals surface area contributed by atoms with Gasteiger partial charge in [-0.25, -0.2) is 0 Å². The van der Waals surface area contributed by atoms with Crippen molar-refractivity contribution < 1.29 is 19.4 Å². The molecule has 1 amide bonds. The fourth-order valence-electron chi connectivity index (χ4n) is 5.80. The highest BCUT2D eigenvalue weighted by Gasteiger charge is 2.31. The first-order valence-electron chi connectivity index (χ1n) is 13.7. The number of nitroso groups, excluding NO2 is 1. The Morgan fingerprint density at radius 1 is 1.08 bits per heavy atom. The molecule has 2 aromatic carbocycles. The van der Waals surface area contributed by atoms with E-state index in [1.165, 1.54) is 11.1 Å². The van der Waals surface area contributed by atoms with Crippen LogP contribution in [0.3, 0.4) is 0 Å². The summed E-state index contributed by atoms with van der Waals surface area (Å²) in [5.74, 6) is 1.06. The molecule has 2 unspecified atom stereocenters. The predicted molar refractivity (Wildman–Crippen MR) is 145 cm³/mol. The molecule has 1 N–H and O–H groups in total. The van der Waals surface area contributed by atoms with Crippen molar-refractivity contribution in [3.05, 3.63) is 64.1 Å². The summed E-state index contributed by atoms with van der Waals surface area (Å²) < 4.78 is 12.4. The van der Waals surface area contributed by atoms with Crippen molar-refractivity contribution in [3.63, 3.8) is 0 Å². The number of carbonyl (C=O) groups is 1. The molecule has 9 heteroatoms. The van der Waals surface area contributed by atoms with Gasteiger partial charge in [-0.3, -0.25) is 9.69 Å². The highest BCUT2D eigenvalue weighted by Crippen LogP contribution is 2.31. The van der Waals surface area contributed by atoms with E-state index in [1.54, 1.807) is 11.0 Å². The number of hydrogen-bond acceptors (Lipinski definition) is 8. The minimum atomic E-state index is -0.516. The minimum absolute atomic E-state index is 0.0968. The number of ether oxygens (including phenoxy) is 2. The third kappa shape index (κ3) is 6.34. The van der Waals surface area contributed by atoms with Crippen LogP contribution in [-0.4, -0.2) is 96.4 Å². The Balaban J connectivity index is 1.21. The lowest BCUT2D eigenvalue weighted by Crippen LogP contribution is -2.44. The lowest BCUT2D eigenvalue weighted by molar-refractivity contribution is 0.0697. The lowest BCUT2D eigenvalue weighted by Gasteiger charge is -2.31. The van der Waals surface area contributed by atoms with Gasteiger partial charge in [0.2, 0.25) is 0 Å². The fourth-order valence-corrected chi connectivity index (χ4v) is 5.80. The number of nitrogens with zero attached hydrogens (tertiary/aromatic N) is 4. The van der Waals surface area contributed by atoms with Gasteiger partial charge in [0, 0.05) is 51.9 Å². The first-order valence-corrected chi connectivity index (χ1v) is 13.7. The topological polar surface area (TPSA) is 94.9 Å². The number of amides is 1. The summed E-state index contributed by atoms with van der Waals surface area (Å²) in [5.41, 5.74) is 3.13. The molecule has 2 aromatic rings. The third-order valence-electron chi connectivity index (χ3n) is 7.79. The maximum absolute atomic E-state index is 13.5. The number of hydrogen-bond donors (Lipinski definition) is 1. The van der Waals surface area contributed by atoms with Gasteiger partial charge in [-0.2, -0.15) is 4.91 Å². The largest absolute Gasteiger partial charge is 0.490 e. The van der Waals surface area contributed by atoms with Gasteiger partial charge in [-0.15, -0.1) is 0 Å². The van der Waals surface area contributed by atoms with Gasteiger partial charge in [-0.05, 0) is 49.4 Å². The molecule has 3 aliphatic rings. The normalized spacial score (nSPS) is 21.7. The molecule has 0 radical (unpaired) electrons. The summed E-state index contributed by atoms with van der Waals surface area (Å²) in [4.78, 5) is 31.5. The molecule has 0 bridgehead atoms. The molecular formula is C29H38N4O5. The zero-order valence-electron chi connectivity index (χ0n) is 22.1. The molecule has 5 rings (SSSR count). The molecule has 3 aliphatic heterocycles. The second-order valence-corrected chi connectivity index (χ2v) is 10.7. The number of benzene rings is 2. The Labute approximate surface area is 224 Å². The fraction of sp³-hybridized carbons (Fsp3) is 0.552. The third-order valence-corrected chi connectivity index (χ3v) is 7.79. The van der Waals surface area contributed by atoms with Crippen molar-refractivity contribution in [3.8, 4) is 11.5 Å². The lowest BCUT2D eigenvalue weighted by atomic mass is 9.99. The Bertz CT molecular complexity index is 1120. The van der Waals surface area contributed by atoms with Crippen molar-refractivity contribution in [2.75, 3.05) is 52.4 Å². The van der Waals surface area contributed by atoms with E-state index in [0.717, 1.165) is 45.4 Å². The quantitative estimate of drug-likeness (QED) is 0.506. The SMILES string of the molecule is CC1CN(CC(CN2CCc3ccccc3C2)N=O)C(=O)c2ccc(OC3CCN(CCO)CC3)cc2O1. The number of piperidine rings is 1. The van der Waals surface area contributed by atoms with Crippen LogP contribution >= 0.6 is 0 Å². The first kappa shape index (κ1) is 26.6. The molecule has 0 aliphatic carbocycles. The second kappa shape index (κ2) is 12.2. The highest BCUT2D eigenvalue weighted by atomic mass is 16.5. The number of likely N-dealkylation sites (tertiary alicyclic amines) is 1. The Morgan fingerprint density at radius 3 is 2.63 bits per heavy atom. The molecule has 3 heterocycles. The van der Waals surface area contributed by atoms with E-state index in [2.05, 4.69) is 33.2 Å². The van der Waals surface area contributed by atoms with Gasteiger partial charge in [0.25, 0.3) is 5.91 Å². The summed E-state index contributed by atoms with van der Waals surface area (Å²) in [5, 5.41) is 12.6. The Kier molecular flexibility index (Phi) is 8.56. The molecule has 2 atom stereocenters. The number of aliphatic hydroxyl groups excluding tert-OH is 1. The number of carbonyl (C=O) groups excluding carboxylic acids is 1. The van der Waals surface area contributed by atoms with Gasteiger partial charge >= 0.3 is 0 Å². The zero-order chi connectivity index (χ0) is 26.5. The van der Waals surface area contributed by atoms with E-state index in [-0.39, 0.29) is 31.3 Å². The minimum Gasteiger partial charge on any atom is -0.490 e. The van der Waals surface area contributed by atoms with Crippen molar-refractivity contribution in [1.82, 2.24) is 14.7 Å². The molecule has 0 spiro atoms. The van der Waals surface area contributed by atoms with Crippen LogP contribution in [-0.2, 0) is 13.0 Å². The van der Waals surface area contributed by atoms with Crippen molar-refractivity contribution >= 4 is 5.91 Å². The molecule has 0 saturated carbocycles. The van der Waals surface area contributed by atoms with Gasteiger partial charge in [-0.1, -0.05) is 29.4 Å².